The van der Waals surface area contributed by atoms with Gasteiger partial charge in [0.1, 0.15) is 6.04 Å². The number of hydrogen-bond donors (Lipinski definition) is 3. The van der Waals surface area contributed by atoms with E-state index in [0.29, 0.717) is 19.4 Å². The predicted octanol–water partition coefficient (Wildman–Crippen LogP) is 1.50. The summed E-state index contributed by atoms with van der Waals surface area (Å²) in [6.07, 6.45) is 6.42. The molecule has 1 rings (SSSR count). The van der Waals surface area contributed by atoms with Crippen LogP contribution < -0.4 is 10.6 Å². The third-order valence-corrected chi connectivity index (χ3v) is 3.39. The highest BCUT2D eigenvalue weighted by molar-refractivity contribution is 5.82. The molecule has 0 aromatic carbocycles. The number of urea groups is 1. The Labute approximate surface area is 113 Å². The van der Waals surface area contributed by atoms with Crippen molar-refractivity contribution in [3.05, 3.63) is 0 Å². The summed E-state index contributed by atoms with van der Waals surface area (Å²) in [4.78, 5) is 22.8. The minimum Gasteiger partial charge on any atom is -0.480 e. The van der Waals surface area contributed by atoms with Crippen LogP contribution in [0.3, 0.4) is 0 Å². The molecule has 0 aromatic heterocycles. The van der Waals surface area contributed by atoms with Crippen molar-refractivity contribution in [2.75, 3.05) is 13.7 Å². The Morgan fingerprint density at radius 3 is 2.58 bits per heavy atom. The van der Waals surface area contributed by atoms with Crippen LogP contribution in [0.2, 0.25) is 0 Å². The van der Waals surface area contributed by atoms with Gasteiger partial charge in [-0.15, -0.1) is 0 Å². The first kappa shape index (κ1) is 15.8. The summed E-state index contributed by atoms with van der Waals surface area (Å²) in [5.74, 6) is -1.00. The quantitative estimate of drug-likeness (QED) is 0.613. The van der Waals surface area contributed by atoms with E-state index >= 15 is 0 Å². The molecule has 0 bridgehead atoms. The van der Waals surface area contributed by atoms with E-state index in [-0.39, 0.29) is 12.1 Å². The number of rotatable bonds is 7. The minimum absolute atomic E-state index is 0.183. The molecule has 6 nitrogen and oxygen atoms in total. The SMILES string of the molecule is COCCCC(NC(=O)NC1CCCCC1)C(=O)O. The third-order valence-electron chi connectivity index (χ3n) is 3.39. The third kappa shape index (κ3) is 6.42. The molecule has 0 radical (unpaired) electrons. The Bertz CT molecular complexity index is 290. The van der Waals surface area contributed by atoms with Crippen LogP contribution in [-0.4, -0.2) is 42.9 Å². The Morgan fingerprint density at radius 1 is 1.32 bits per heavy atom. The van der Waals surface area contributed by atoms with Gasteiger partial charge in [-0.25, -0.2) is 9.59 Å². The summed E-state index contributed by atoms with van der Waals surface area (Å²) < 4.78 is 4.88. The molecule has 1 unspecified atom stereocenters. The van der Waals surface area contributed by atoms with E-state index in [1.807, 2.05) is 0 Å². The highest BCUT2D eigenvalue weighted by Gasteiger charge is 2.21. The number of ether oxygens (including phenoxy) is 1. The van der Waals surface area contributed by atoms with Gasteiger partial charge < -0.3 is 20.5 Å². The van der Waals surface area contributed by atoms with Gasteiger partial charge in [-0.3, -0.25) is 0 Å². The van der Waals surface area contributed by atoms with Crippen LogP contribution in [0.4, 0.5) is 4.79 Å². The Morgan fingerprint density at radius 2 is 2.00 bits per heavy atom. The van der Waals surface area contributed by atoms with E-state index in [0.717, 1.165) is 25.7 Å². The molecule has 1 fully saturated rings. The zero-order valence-electron chi connectivity index (χ0n) is 11.5. The van der Waals surface area contributed by atoms with Crippen molar-refractivity contribution in [2.24, 2.45) is 0 Å². The van der Waals surface area contributed by atoms with Crippen molar-refractivity contribution in [2.45, 2.75) is 57.0 Å². The average molecular weight is 272 g/mol. The van der Waals surface area contributed by atoms with E-state index in [1.165, 1.54) is 6.42 Å². The second-order valence-corrected chi connectivity index (χ2v) is 4.98. The molecule has 1 saturated carbocycles. The summed E-state index contributed by atoms with van der Waals surface area (Å²) in [5.41, 5.74) is 0. The van der Waals surface area contributed by atoms with Gasteiger partial charge in [0.2, 0.25) is 0 Å². The Balaban J connectivity index is 2.31. The summed E-state index contributed by atoms with van der Waals surface area (Å²) >= 11 is 0. The van der Waals surface area contributed by atoms with Crippen molar-refractivity contribution in [3.63, 3.8) is 0 Å². The first-order valence-corrected chi connectivity index (χ1v) is 6.92. The lowest BCUT2D eigenvalue weighted by Gasteiger charge is -2.24. The minimum atomic E-state index is -1.00. The number of amides is 2. The van der Waals surface area contributed by atoms with Crippen LogP contribution in [-0.2, 0) is 9.53 Å². The van der Waals surface area contributed by atoms with E-state index in [2.05, 4.69) is 10.6 Å². The van der Waals surface area contributed by atoms with Gasteiger partial charge in [0.15, 0.2) is 0 Å². The average Bonchev–Trinajstić information content (AvgIpc) is 2.38. The van der Waals surface area contributed by atoms with Gasteiger partial charge in [-0.05, 0) is 25.7 Å². The molecule has 6 heteroatoms. The first-order valence-electron chi connectivity index (χ1n) is 6.92. The smallest absolute Gasteiger partial charge is 0.326 e. The second kappa shape index (κ2) is 8.74. The molecule has 0 aromatic rings. The molecular formula is C13H24N2O4. The number of carboxylic acid groups (broad SMARTS) is 1. The maximum absolute atomic E-state index is 11.7. The van der Waals surface area contributed by atoms with Crippen molar-refractivity contribution < 1.29 is 19.4 Å². The van der Waals surface area contributed by atoms with E-state index in [1.54, 1.807) is 7.11 Å². The normalized spacial score (nSPS) is 17.7. The van der Waals surface area contributed by atoms with Gasteiger partial charge in [-0.1, -0.05) is 19.3 Å². The second-order valence-electron chi connectivity index (χ2n) is 4.98. The predicted molar refractivity (Wildman–Crippen MR) is 71.1 cm³/mol. The van der Waals surface area contributed by atoms with Crippen molar-refractivity contribution in [3.8, 4) is 0 Å². The zero-order valence-corrected chi connectivity index (χ0v) is 11.5. The fraction of sp³-hybridized carbons (Fsp3) is 0.846. The highest BCUT2D eigenvalue weighted by Crippen LogP contribution is 2.17. The van der Waals surface area contributed by atoms with E-state index in [4.69, 9.17) is 9.84 Å². The first-order chi connectivity index (χ1) is 9.13. The summed E-state index contributed by atoms with van der Waals surface area (Å²) in [6, 6.07) is -1.04. The largest absolute Gasteiger partial charge is 0.480 e. The topological polar surface area (TPSA) is 87.7 Å². The molecule has 2 amide bonds. The lowest BCUT2D eigenvalue weighted by Crippen LogP contribution is -2.49. The van der Waals surface area contributed by atoms with E-state index < -0.39 is 12.0 Å². The number of carbonyl (C=O) groups excluding carboxylic acids is 1. The molecule has 19 heavy (non-hydrogen) atoms. The summed E-state index contributed by atoms with van der Waals surface area (Å²) in [7, 11) is 1.57. The Kier molecular flexibility index (Phi) is 7.25. The van der Waals surface area contributed by atoms with Crippen LogP contribution in [0.15, 0.2) is 0 Å². The zero-order chi connectivity index (χ0) is 14.1. The molecule has 0 spiro atoms. The van der Waals surface area contributed by atoms with Gasteiger partial charge in [-0.2, -0.15) is 0 Å². The number of carbonyl (C=O) groups is 2. The molecule has 1 atom stereocenters. The van der Waals surface area contributed by atoms with Crippen LogP contribution in [0.1, 0.15) is 44.9 Å². The molecule has 1 aliphatic rings. The highest BCUT2D eigenvalue weighted by atomic mass is 16.5. The fourth-order valence-electron chi connectivity index (χ4n) is 2.32. The summed E-state index contributed by atoms with van der Waals surface area (Å²) in [5, 5.41) is 14.4. The summed E-state index contributed by atoms with van der Waals surface area (Å²) in [6.45, 7) is 0.496. The molecule has 3 N–H and O–H groups in total. The standard InChI is InChI=1S/C13H24N2O4/c1-19-9-5-8-11(12(16)17)15-13(18)14-10-6-3-2-4-7-10/h10-11H,2-9H2,1H3,(H,16,17)(H2,14,15,18). The molecule has 110 valence electrons. The number of carboxylic acids is 1. The van der Waals surface area contributed by atoms with Crippen LogP contribution in [0.5, 0.6) is 0 Å². The maximum Gasteiger partial charge on any atom is 0.326 e. The van der Waals surface area contributed by atoms with Crippen molar-refractivity contribution in [1.29, 1.82) is 0 Å². The van der Waals surface area contributed by atoms with Crippen molar-refractivity contribution in [1.82, 2.24) is 10.6 Å². The lowest BCUT2D eigenvalue weighted by atomic mass is 9.96. The van der Waals surface area contributed by atoms with E-state index in [9.17, 15) is 9.59 Å². The van der Waals surface area contributed by atoms with Gasteiger partial charge in [0.05, 0.1) is 0 Å². The Hall–Kier alpha value is -1.30. The van der Waals surface area contributed by atoms with Crippen molar-refractivity contribution >= 4 is 12.0 Å². The number of nitrogens with one attached hydrogen (secondary N) is 2. The van der Waals surface area contributed by atoms with Gasteiger partial charge in [0, 0.05) is 19.8 Å². The molecular weight excluding hydrogens is 248 g/mol. The molecule has 0 heterocycles. The lowest BCUT2D eigenvalue weighted by molar-refractivity contribution is -0.139. The van der Waals surface area contributed by atoms with Crippen LogP contribution in [0, 0.1) is 0 Å². The van der Waals surface area contributed by atoms with Crippen LogP contribution in [0.25, 0.3) is 0 Å². The number of hydrogen-bond acceptors (Lipinski definition) is 3. The number of methoxy groups -OCH3 is 1. The monoisotopic (exact) mass is 272 g/mol. The maximum atomic E-state index is 11.7. The molecule has 0 aliphatic heterocycles. The molecule has 0 saturated heterocycles. The fourth-order valence-corrected chi connectivity index (χ4v) is 2.32. The van der Waals surface area contributed by atoms with Gasteiger partial charge in [0.25, 0.3) is 0 Å². The van der Waals surface area contributed by atoms with Gasteiger partial charge >= 0.3 is 12.0 Å². The number of aliphatic carboxylic acids is 1. The molecule has 1 aliphatic carbocycles. The van der Waals surface area contributed by atoms with Crippen LogP contribution >= 0.6 is 0 Å².